The lowest BCUT2D eigenvalue weighted by Gasteiger charge is -2.15. The zero-order valence-corrected chi connectivity index (χ0v) is 10.2. The van der Waals surface area contributed by atoms with Gasteiger partial charge in [-0.15, -0.1) is 11.7 Å². The van der Waals surface area contributed by atoms with E-state index in [9.17, 15) is 0 Å². The smallest absolute Gasteiger partial charge is 0.0581 e. The molecule has 0 amide bonds. The Morgan fingerprint density at radius 3 is 2.85 bits per heavy atom. The number of hydrogen-bond donors (Lipinski definition) is 1. The van der Waals surface area contributed by atoms with Crippen molar-refractivity contribution >= 4 is 22.5 Å². The molecule has 0 bridgehead atoms. The first-order chi connectivity index (χ1) is 6.22. The maximum atomic E-state index is 5.80. The second-order valence-corrected chi connectivity index (χ2v) is 5.55. The number of rotatable bonds is 5. The molecule has 0 spiro atoms. The van der Waals surface area contributed by atoms with Crippen LogP contribution in [-0.2, 0) is 4.74 Å². The summed E-state index contributed by atoms with van der Waals surface area (Å²) in [6, 6.07) is 0. The van der Waals surface area contributed by atoms with Gasteiger partial charge in [0.05, 0.1) is 12.2 Å². The quantitative estimate of drug-likeness (QED) is 0.560. The zero-order valence-electron chi connectivity index (χ0n) is 8.53. The molecule has 0 aromatic carbocycles. The predicted molar refractivity (Wildman–Crippen MR) is 63.4 cm³/mol. The average molecular weight is 220 g/mol. The lowest BCUT2D eigenvalue weighted by Crippen LogP contribution is -2.14. The molecule has 1 saturated carbocycles. The normalized spacial score (nSPS) is 28.6. The summed E-state index contributed by atoms with van der Waals surface area (Å²) in [5, 5.41) is 0. The molecule has 0 aromatic heterocycles. The van der Waals surface area contributed by atoms with Crippen molar-refractivity contribution < 1.29 is 4.74 Å². The Labute approximate surface area is 90.8 Å². The molecule has 0 radical (unpaired) electrons. The minimum Gasteiger partial charge on any atom is -0.376 e. The fourth-order valence-electron chi connectivity index (χ4n) is 2.02. The van der Waals surface area contributed by atoms with Crippen molar-refractivity contribution in [2.45, 2.75) is 51.7 Å². The zero-order chi connectivity index (χ0) is 9.68. The Morgan fingerprint density at radius 1 is 1.46 bits per heavy atom. The highest BCUT2D eigenvalue weighted by molar-refractivity contribution is 8.68. The van der Waals surface area contributed by atoms with Crippen LogP contribution >= 0.6 is 22.5 Å². The van der Waals surface area contributed by atoms with Crippen LogP contribution in [0.5, 0.6) is 0 Å². The van der Waals surface area contributed by atoms with Crippen LogP contribution in [0, 0.1) is 5.92 Å². The van der Waals surface area contributed by atoms with Gasteiger partial charge in [-0.3, -0.25) is 0 Å². The SMILES string of the molecule is CC(C)OC1CCC(CCSS)C1. The standard InChI is InChI=1S/C10H20OS2/c1-8(2)11-10-4-3-9(7-10)5-6-13-12/h8-10,12H,3-7H2,1-2H3. The summed E-state index contributed by atoms with van der Waals surface area (Å²) in [7, 11) is 1.66. The number of thiol groups is 1. The lowest BCUT2D eigenvalue weighted by molar-refractivity contribution is 0.0103. The number of ether oxygens (including phenoxy) is 1. The molecule has 0 N–H and O–H groups in total. The Hall–Kier alpha value is 0.660. The molecule has 0 saturated heterocycles. The predicted octanol–water partition coefficient (Wildman–Crippen LogP) is 3.55. The van der Waals surface area contributed by atoms with E-state index in [4.69, 9.17) is 4.74 Å². The van der Waals surface area contributed by atoms with Crippen LogP contribution in [0.3, 0.4) is 0 Å². The molecular weight excluding hydrogens is 200 g/mol. The second kappa shape index (κ2) is 6.20. The molecule has 1 aliphatic rings. The van der Waals surface area contributed by atoms with Gasteiger partial charge < -0.3 is 4.74 Å². The van der Waals surface area contributed by atoms with E-state index in [1.165, 1.54) is 31.4 Å². The minimum atomic E-state index is 0.392. The van der Waals surface area contributed by atoms with Crippen molar-refractivity contribution in [3.05, 3.63) is 0 Å². The highest BCUT2D eigenvalue weighted by atomic mass is 33.1. The second-order valence-electron chi connectivity index (χ2n) is 4.11. The molecule has 2 unspecified atom stereocenters. The Bertz CT molecular complexity index is 139. The van der Waals surface area contributed by atoms with Gasteiger partial charge in [-0.1, -0.05) is 10.8 Å². The van der Waals surface area contributed by atoms with Crippen LogP contribution in [0.1, 0.15) is 39.5 Å². The van der Waals surface area contributed by atoms with E-state index >= 15 is 0 Å². The molecule has 0 aromatic rings. The molecule has 78 valence electrons. The van der Waals surface area contributed by atoms with E-state index < -0.39 is 0 Å². The van der Waals surface area contributed by atoms with Gasteiger partial charge in [0.25, 0.3) is 0 Å². The maximum Gasteiger partial charge on any atom is 0.0581 e. The Balaban J connectivity index is 2.12. The third-order valence-corrected chi connectivity index (χ3v) is 3.54. The summed E-state index contributed by atoms with van der Waals surface area (Å²) in [4.78, 5) is 0. The fourth-order valence-corrected chi connectivity index (χ4v) is 2.77. The van der Waals surface area contributed by atoms with E-state index in [2.05, 4.69) is 25.5 Å². The topological polar surface area (TPSA) is 9.23 Å². The molecule has 1 aliphatic carbocycles. The third kappa shape index (κ3) is 4.61. The van der Waals surface area contributed by atoms with Crippen molar-refractivity contribution in [2.24, 2.45) is 5.92 Å². The number of hydrogen-bond acceptors (Lipinski definition) is 3. The van der Waals surface area contributed by atoms with Crippen molar-refractivity contribution in [3.8, 4) is 0 Å². The summed E-state index contributed by atoms with van der Waals surface area (Å²) in [6.45, 7) is 4.24. The van der Waals surface area contributed by atoms with Gasteiger partial charge in [-0.25, -0.2) is 0 Å². The van der Waals surface area contributed by atoms with Crippen LogP contribution in [-0.4, -0.2) is 18.0 Å². The van der Waals surface area contributed by atoms with Gasteiger partial charge in [-0.2, -0.15) is 0 Å². The summed E-state index contributed by atoms with van der Waals surface area (Å²) in [5.74, 6) is 2.07. The monoisotopic (exact) mass is 220 g/mol. The molecule has 1 nitrogen and oxygen atoms in total. The fraction of sp³-hybridized carbons (Fsp3) is 1.00. The van der Waals surface area contributed by atoms with Gasteiger partial charge in [0.1, 0.15) is 0 Å². The summed E-state index contributed by atoms with van der Waals surface area (Å²) < 4.78 is 5.80. The van der Waals surface area contributed by atoms with E-state index in [0.717, 1.165) is 5.92 Å². The highest BCUT2D eigenvalue weighted by Gasteiger charge is 2.25. The molecule has 1 fully saturated rings. The van der Waals surface area contributed by atoms with Gasteiger partial charge in [0, 0.05) is 5.75 Å². The first kappa shape index (κ1) is 11.7. The molecule has 0 heterocycles. The molecule has 0 aliphatic heterocycles. The van der Waals surface area contributed by atoms with Crippen LogP contribution in [0.4, 0.5) is 0 Å². The van der Waals surface area contributed by atoms with Crippen LogP contribution in [0.2, 0.25) is 0 Å². The van der Waals surface area contributed by atoms with E-state index in [0.29, 0.717) is 12.2 Å². The first-order valence-corrected chi connectivity index (χ1v) is 7.18. The van der Waals surface area contributed by atoms with Crippen molar-refractivity contribution in [3.63, 3.8) is 0 Å². The summed E-state index contributed by atoms with van der Waals surface area (Å²) >= 11 is 4.16. The van der Waals surface area contributed by atoms with Gasteiger partial charge >= 0.3 is 0 Å². The molecule has 2 atom stereocenters. The van der Waals surface area contributed by atoms with Gasteiger partial charge in [-0.05, 0) is 45.4 Å². The maximum absolute atomic E-state index is 5.80. The molecular formula is C10H20OS2. The third-order valence-electron chi connectivity index (χ3n) is 2.58. The van der Waals surface area contributed by atoms with E-state index in [1.54, 1.807) is 10.8 Å². The molecule has 13 heavy (non-hydrogen) atoms. The van der Waals surface area contributed by atoms with Crippen molar-refractivity contribution in [1.82, 2.24) is 0 Å². The van der Waals surface area contributed by atoms with E-state index in [-0.39, 0.29) is 0 Å². The van der Waals surface area contributed by atoms with E-state index in [1.807, 2.05) is 0 Å². The average Bonchev–Trinajstić information content (AvgIpc) is 2.48. The van der Waals surface area contributed by atoms with Crippen LogP contribution in [0.15, 0.2) is 0 Å². The molecule has 1 rings (SSSR count). The summed E-state index contributed by atoms with van der Waals surface area (Å²) in [5.41, 5.74) is 0. The Kier molecular flexibility index (Phi) is 5.60. The lowest BCUT2D eigenvalue weighted by atomic mass is 10.1. The van der Waals surface area contributed by atoms with Crippen molar-refractivity contribution in [1.29, 1.82) is 0 Å². The van der Waals surface area contributed by atoms with Crippen LogP contribution in [0.25, 0.3) is 0 Å². The minimum absolute atomic E-state index is 0.392. The Morgan fingerprint density at radius 2 is 2.23 bits per heavy atom. The largest absolute Gasteiger partial charge is 0.376 e. The highest BCUT2D eigenvalue weighted by Crippen LogP contribution is 2.32. The van der Waals surface area contributed by atoms with Gasteiger partial charge in [0.2, 0.25) is 0 Å². The molecule has 3 heteroatoms. The first-order valence-electron chi connectivity index (χ1n) is 5.14. The van der Waals surface area contributed by atoms with Crippen molar-refractivity contribution in [2.75, 3.05) is 5.75 Å². The van der Waals surface area contributed by atoms with Crippen LogP contribution < -0.4 is 0 Å². The summed E-state index contributed by atoms with van der Waals surface area (Å²) in [6.07, 6.45) is 6.13. The van der Waals surface area contributed by atoms with Gasteiger partial charge in [0.15, 0.2) is 0 Å².